The number of rotatable bonds is 4. The highest BCUT2D eigenvalue weighted by Crippen LogP contribution is 2.23. The van der Waals surface area contributed by atoms with Gasteiger partial charge in [0.1, 0.15) is 11.6 Å². The van der Waals surface area contributed by atoms with Crippen LogP contribution >= 0.6 is 0 Å². The summed E-state index contributed by atoms with van der Waals surface area (Å²) in [5, 5.41) is 17.5. The number of primary sulfonamides is 1. The van der Waals surface area contributed by atoms with E-state index >= 15 is 0 Å². The fraction of sp³-hybridized carbons (Fsp3) is 0.143. The number of aromatic hydroxyl groups is 1. The predicted octanol–water partition coefficient (Wildman–Crippen LogP) is 2.10. The Morgan fingerprint density at radius 3 is 2.62 bits per heavy atom. The van der Waals surface area contributed by atoms with Crippen LogP contribution in [0.25, 0.3) is 0 Å². The average molecular weight is 310 g/mol. The van der Waals surface area contributed by atoms with Crippen molar-refractivity contribution in [2.24, 2.45) is 5.14 Å². The Bertz CT molecular complexity index is 756. The third-order valence-electron chi connectivity index (χ3n) is 3.02. The molecule has 0 aliphatic rings. The zero-order valence-electron chi connectivity index (χ0n) is 11.3. The van der Waals surface area contributed by atoms with Crippen LogP contribution in [-0.2, 0) is 16.6 Å². The minimum Gasteiger partial charge on any atom is -0.508 e. The van der Waals surface area contributed by atoms with Crippen LogP contribution in [0, 0.1) is 12.7 Å². The second kappa shape index (κ2) is 5.71. The number of halogens is 1. The SMILES string of the molecule is Cc1c(NCc2cc(O)cc(F)c2)cccc1S(N)(=O)=O. The molecule has 4 N–H and O–H groups in total. The van der Waals surface area contributed by atoms with E-state index in [0.29, 0.717) is 16.8 Å². The van der Waals surface area contributed by atoms with Gasteiger partial charge in [0.25, 0.3) is 0 Å². The maximum atomic E-state index is 13.2. The van der Waals surface area contributed by atoms with Crippen molar-refractivity contribution in [2.75, 3.05) is 5.32 Å². The van der Waals surface area contributed by atoms with Crippen molar-refractivity contribution < 1.29 is 17.9 Å². The van der Waals surface area contributed by atoms with Crippen LogP contribution in [0.4, 0.5) is 10.1 Å². The van der Waals surface area contributed by atoms with Crippen LogP contribution in [0.3, 0.4) is 0 Å². The van der Waals surface area contributed by atoms with Crippen molar-refractivity contribution >= 4 is 15.7 Å². The molecule has 7 heteroatoms. The fourth-order valence-corrected chi connectivity index (χ4v) is 2.85. The maximum Gasteiger partial charge on any atom is 0.238 e. The van der Waals surface area contributed by atoms with Gasteiger partial charge >= 0.3 is 0 Å². The second-order valence-electron chi connectivity index (χ2n) is 4.64. The predicted molar refractivity (Wildman–Crippen MR) is 77.9 cm³/mol. The van der Waals surface area contributed by atoms with Crippen molar-refractivity contribution in [3.8, 4) is 5.75 Å². The number of sulfonamides is 1. The number of nitrogens with two attached hydrogens (primary N) is 1. The molecule has 0 atom stereocenters. The van der Waals surface area contributed by atoms with Gasteiger partial charge in [-0.1, -0.05) is 6.07 Å². The van der Waals surface area contributed by atoms with Crippen LogP contribution in [0.15, 0.2) is 41.3 Å². The van der Waals surface area contributed by atoms with Gasteiger partial charge in [-0.3, -0.25) is 0 Å². The molecule has 2 aromatic carbocycles. The van der Waals surface area contributed by atoms with E-state index in [9.17, 15) is 17.9 Å². The Kier molecular flexibility index (Phi) is 4.15. The lowest BCUT2D eigenvalue weighted by atomic mass is 10.1. The van der Waals surface area contributed by atoms with Crippen molar-refractivity contribution in [3.05, 3.63) is 53.3 Å². The fourth-order valence-electron chi connectivity index (χ4n) is 2.05. The van der Waals surface area contributed by atoms with Crippen molar-refractivity contribution in [1.82, 2.24) is 0 Å². The number of phenolic OH excluding ortho intramolecular Hbond substituents is 1. The highest BCUT2D eigenvalue weighted by molar-refractivity contribution is 7.89. The maximum absolute atomic E-state index is 13.2. The first-order valence-corrected chi connectivity index (χ1v) is 7.67. The molecule has 5 nitrogen and oxygen atoms in total. The summed E-state index contributed by atoms with van der Waals surface area (Å²) in [6.07, 6.45) is 0. The zero-order valence-corrected chi connectivity index (χ0v) is 12.1. The van der Waals surface area contributed by atoms with Crippen LogP contribution in [0.5, 0.6) is 5.75 Å². The summed E-state index contributed by atoms with van der Waals surface area (Å²) in [5.74, 6) is -0.705. The lowest BCUT2D eigenvalue weighted by Crippen LogP contribution is -2.14. The van der Waals surface area contributed by atoms with Crippen LogP contribution in [0.2, 0.25) is 0 Å². The monoisotopic (exact) mass is 310 g/mol. The van der Waals surface area contributed by atoms with E-state index in [2.05, 4.69) is 5.32 Å². The van der Waals surface area contributed by atoms with E-state index in [-0.39, 0.29) is 17.2 Å². The highest BCUT2D eigenvalue weighted by Gasteiger charge is 2.13. The van der Waals surface area contributed by atoms with E-state index < -0.39 is 15.8 Å². The molecule has 112 valence electrons. The normalized spacial score (nSPS) is 11.4. The van der Waals surface area contributed by atoms with Gasteiger partial charge in [-0.2, -0.15) is 0 Å². The molecule has 0 bridgehead atoms. The molecule has 0 fully saturated rings. The molecule has 0 saturated carbocycles. The van der Waals surface area contributed by atoms with Gasteiger partial charge in [0.15, 0.2) is 0 Å². The van der Waals surface area contributed by atoms with E-state index in [4.69, 9.17) is 5.14 Å². The standard InChI is InChI=1S/C14H15FN2O3S/c1-9-13(3-2-4-14(9)21(16,19)20)17-8-10-5-11(15)7-12(18)6-10/h2-7,17-18H,8H2,1H3,(H2,16,19,20). The molecule has 0 radical (unpaired) electrons. The third-order valence-corrected chi connectivity index (χ3v) is 4.07. The molecule has 0 aliphatic heterocycles. The molecule has 0 saturated heterocycles. The number of hydrogen-bond acceptors (Lipinski definition) is 4. The molecular weight excluding hydrogens is 295 g/mol. The Balaban J connectivity index is 2.25. The minimum absolute atomic E-state index is 0.0367. The molecule has 0 aliphatic carbocycles. The molecule has 2 aromatic rings. The molecular formula is C14H15FN2O3S. The number of hydrogen-bond donors (Lipinski definition) is 3. The molecule has 0 unspecified atom stereocenters. The van der Waals surface area contributed by atoms with Crippen molar-refractivity contribution in [3.63, 3.8) is 0 Å². The van der Waals surface area contributed by atoms with E-state index in [1.54, 1.807) is 19.1 Å². The van der Waals surface area contributed by atoms with Gasteiger partial charge in [0, 0.05) is 18.3 Å². The van der Waals surface area contributed by atoms with Gasteiger partial charge in [0.05, 0.1) is 4.90 Å². The molecule has 0 aromatic heterocycles. The van der Waals surface area contributed by atoms with E-state index in [1.165, 1.54) is 18.2 Å². The van der Waals surface area contributed by atoms with Crippen molar-refractivity contribution in [2.45, 2.75) is 18.4 Å². The first-order chi connectivity index (χ1) is 9.77. The molecule has 0 heterocycles. The van der Waals surface area contributed by atoms with Gasteiger partial charge < -0.3 is 10.4 Å². The average Bonchev–Trinajstić information content (AvgIpc) is 2.35. The molecule has 0 amide bonds. The number of phenols is 1. The van der Waals surface area contributed by atoms with E-state index in [0.717, 1.165) is 6.07 Å². The Morgan fingerprint density at radius 1 is 1.29 bits per heavy atom. The third kappa shape index (κ3) is 3.71. The number of benzene rings is 2. The van der Waals surface area contributed by atoms with Crippen LogP contribution in [-0.4, -0.2) is 13.5 Å². The quantitative estimate of drug-likeness (QED) is 0.806. The first-order valence-electron chi connectivity index (χ1n) is 6.12. The Hall–Kier alpha value is -2.12. The number of nitrogens with one attached hydrogen (secondary N) is 1. The minimum atomic E-state index is -3.79. The Morgan fingerprint density at radius 2 is 2.00 bits per heavy atom. The second-order valence-corrected chi connectivity index (χ2v) is 6.17. The summed E-state index contributed by atoms with van der Waals surface area (Å²) in [5.41, 5.74) is 1.60. The number of anilines is 1. The van der Waals surface area contributed by atoms with E-state index in [1.807, 2.05) is 0 Å². The zero-order chi connectivity index (χ0) is 15.6. The molecule has 2 rings (SSSR count). The topological polar surface area (TPSA) is 92.4 Å². The molecule has 0 spiro atoms. The van der Waals surface area contributed by atoms with Gasteiger partial charge in [0.2, 0.25) is 10.0 Å². The molecule has 21 heavy (non-hydrogen) atoms. The summed E-state index contributed by atoms with van der Waals surface area (Å²) < 4.78 is 36.0. The largest absolute Gasteiger partial charge is 0.508 e. The highest BCUT2D eigenvalue weighted by atomic mass is 32.2. The summed E-state index contributed by atoms with van der Waals surface area (Å²) >= 11 is 0. The lowest BCUT2D eigenvalue weighted by Gasteiger charge is -2.12. The summed E-state index contributed by atoms with van der Waals surface area (Å²) in [4.78, 5) is 0.0367. The lowest BCUT2D eigenvalue weighted by molar-refractivity contribution is 0.468. The summed E-state index contributed by atoms with van der Waals surface area (Å²) in [6, 6.07) is 8.40. The van der Waals surface area contributed by atoms with Gasteiger partial charge in [-0.25, -0.2) is 17.9 Å². The summed E-state index contributed by atoms with van der Waals surface area (Å²) in [6.45, 7) is 1.87. The summed E-state index contributed by atoms with van der Waals surface area (Å²) in [7, 11) is -3.79. The van der Waals surface area contributed by atoms with Crippen LogP contribution < -0.4 is 10.5 Å². The van der Waals surface area contributed by atoms with Crippen LogP contribution in [0.1, 0.15) is 11.1 Å². The smallest absolute Gasteiger partial charge is 0.238 e. The van der Waals surface area contributed by atoms with Gasteiger partial charge in [-0.05, 0) is 42.3 Å². The first kappa shape index (κ1) is 15.3. The van der Waals surface area contributed by atoms with Gasteiger partial charge in [-0.15, -0.1) is 0 Å². The Labute approximate surface area is 122 Å². The van der Waals surface area contributed by atoms with Crippen molar-refractivity contribution in [1.29, 1.82) is 0 Å².